The first kappa shape index (κ1) is 46.6. The topological polar surface area (TPSA) is 200 Å². The maximum atomic E-state index is 14.2. The molecular formula is C39H69NO14. The van der Waals surface area contributed by atoms with Crippen LogP contribution in [0.1, 0.15) is 102 Å². The molecule has 0 aliphatic carbocycles. The second kappa shape index (κ2) is 18.2. The zero-order valence-electron chi connectivity index (χ0n) is 34.8. The van der Waals surface area contributed by atoms with Gasteiger partial charge in [0, 0.05) is 44.2 Å². The van der Waals surface area contributed by atoms with Crippen LogP contribution in [0.25, 0.3) is 0 Å². The van der Waals surface area contributed by atoms with Gasteiger partial charge in [0.25, 0.3) is 0 Å². The first-order valence-corrected chi connectivity index (χ1v) is 19.4. The van der Waals surface area contributed by atoms with Gasteiger partial charge >= 0.3 is 11.9 Å². The van der Waals surface area contributed by atoms with E-state index in [1.54, 1.807) is 41.5 Å². The molecule has 0 aromatic rings. The van der Waals surface area contributed by atoms with Gasteiger partial charge < -0.3 is 58.5 Å². The van der Waals surface area contributed by atoms with Crippen LogP contribution in [0.5, 0.6) is 0 Å². The minimum atomic E-state index is -2.01. The lowest BCUT2D eigenvalue weighted by Crippen LogP contribution is -2.61. The number of hydrogen-bond acceptors (Lipinski definition) is 15. The number of ketones is 1. The molecule has 314 valence electrons. The summed E-state index contributed by atoms with van der Waals surface area (Å²) < 4.78 is 43.1. The minimum absolute atomic E-state index is 0.0765. The van der Waals surface area contributed by atoms with E-state index < -0.39 is 114 Å². The number of rotatable bonds is 8. The minimum Gasteiger partial charge on any atom is -0.459 e. The third-order valence-electron chi connectivity index (χ3n) is 12.1. The van der Waals surface area contributed by atoms with Gasteiger partial charge in [0.1, 0.15) is 29.2 Å². The van der Waals surface area contributed by atoms with Gasteiger partial charge in [-0.25, -0.2) is 0 Å². The third-order valence-corrected chi connectivity index (χ3v) is 12.1. The van der Waals surface area contributed by atoms with Crippen molar-refractivity contribution in [1.82, 2.24) is 4.90 Å². The first-order valence-electron chi connectivity index (χ1n) is 19.4. The molecule has 15 nitrogen and oxygen atoms in total. The fourth-order valence-electron chi connectivity index (χ4n) is 8.80. The quantitative estimate of drug-likeness (QED) is 0.262. The van der Waals surface area contributed by atoms with E-state index in [1.807, 2.05) is 25.9 Å². The predicted molar refractivity (Wildman–Crippen MR) is 196 cm³/mol. The zero-order valence-corrected chi connectivity index (χ0v) is 34.8. The first-order chi connectivity index (χ1) is 24.8. The highest BCUT2D eigenvalue weighted by molar-refractivity contribution is 5.83. The molecule has 0 spiro atoms. The number of carbonyl (C=O) groups excluding carboxylic acids is 3. The molecular weight excluding hydrogens is 706 g/mol. The number of Topliss-reactive ketones (excluding diaryl/α,β-unsaturated/α-hetero) is 1. The number of esters is 2. The standard InChI is InChI=1S/C39H69NO14/c1-15-27-39(11,47)32(44)21(4)29(42)19(2)17-37(9,46)33(54-36-30(43)26(40(12)13)16-20(3)49-36)22(5)31(23(6)35(45)52-27)53-28-18-38(10,48-14)34(24(7)50-28)51-25(8)41/h19-24,26-28,30-34,36,43-44,46-47H,15-18H2,1-14H3/t19-,20-,21+,22-,23+,24+,26+,27-,28+,30-,31+,32+,33-,34?,36+,37-,38-,39-/m1/s1. The predicted octanol–water partition coefficient (Wildman–Crippen LogP) is 2.36. The van der Waals surface area contributed by atoms with Gasteiger partial charge in [-0.05, 0) is 74.9 Å². The summed E-state index contributed by atoms with van der Waals surface area (Å²) in [5, 5.41) is 47.0. The molecule has 3 aliphatic rings. The molecule has 0 radical (unpaired) electrons. The number of aliphatic hydroxyl groups is 4. The van der Waals surface area contributed by atoms with E-state index in [0.29, 0.717) is 6.42 Å². The fourth-order valence-corrected chi connectivity index (χ4v) is 8.80. The van der Waals surface area contributed by atoms with Crippen molar-refractivity contribution in [3.63, 3.8) is 0 Å². The van der Waals surface area contributed by atoms with Gasteiger partial charge in [-0.1, -0.05) is 27.7 Å². The maximum absolute atomic E-state index is 14.2. The average molecular weight is 776 g/mol. The van der Waals surface area contributed by atoms with Crippen LogP contribution < -0.4 is 0 Å². The fraction of sp³-hybridized carbons (Fsp3) is 0.923. The van der Waals surface area contributed by atoms with Crippen LogP contribution in [-0.2, 0) is 47.5 Å². The summed E-state index contributed by atoms with van der Waals surface area (Å²) in [6.45, 7) is 17.6. The van der Waals surface area contributed by atoms with Crippen LogP contribution >= 0.6 is 0 Å². The van der Waals surface area contributed by atoms with Crippen molar-refractivity contribution in [3.05, 3.63) is 0 Å². The Kier molecular flexibility index (Phi) is 15.7. The van der Waals surface area contributed by atoms with Crippen molar-refractivity contribution >= 4 is 17.7 Å². The molecule has 3 heterocycles. The molecule has 1 unspecified atom stereocenters. The second-order valence-electron chi connectivity index (χ2n) is 17.1. The van der Waals surface area contributed by atoms with Crippen molar-refractivity contribution in [3.8, 4) is 0 Å². The summed E-state index contributed by atoms with van der Waals surface area (Å²) in [6.07, 6.45) is -9.75. The number of hydrogen-bond donors (Lipinski definition) is 4. The van der Waals surface area contributed by atoms with E-state index in [-0.39, 0.29) is 31.4 Å². The van der Waals surface area contributed by atoms with E-state index in [0.717, 1.165) is 0 Å². The zero-order chi connectivity index (χ0) is 41.2. The van der Waals surface area contributed by atoms with Gasteiger partial charge in [0.15, 0.2) is 18.7 Å². The van der Waals surface area contributed by atoms with Crippen molar-refractivity contribution in [1.29, 1.82) is 0 Å². The Morgan fingerprint density at radius 2 is 1.54 bits per heavy atom. The number of carbonyl (C=O) groups is 3. The van der Waals surface area contributed by atoms with Crippen molar-refractivity contribution in [2.75, 3.05) is 21.2 Å². The normalized spacial score (nSPS) is 47.5. The molecule has 15 heteroatoms. The molecule has 18 atom stereocenters. The van der Waals surface area contributed by atoms with Crippen molar-refractivity contribution < 1.29 is 68.0 Å². The molecule has 0 aromatic heterocycles. The number of likely N-dealkylation sites (N-methyl/N-ethyl adjacent to an activating group) is 1. The van der Waals surface area contributed by atoms with Gasteiger partial charge in [-0.15, -0.1) is 0 Å². The Labute approximate surface area is 321 Å². The van der Waals surface area contributed by atoms with E-state index >= 15 is 0 Å². The smallest absolute Gasteiger partial charge is 0.311 e. The highest BCUT2D eigenvalue weighted by Crippen LogP contribution is 2.41. The van der Waals surface area contributed by atoms with E-state index in [2.05, 4.69) is 0 Å². The summed E-state index contributed by atoms with van der Waals surface area (Å²) in [5.74, 6) is -5.60. The Morgan fingerprint density at radius 1 is 0.926 bits per heavy atom. The highest BCUT2D eigenvalue weighted by atomic mass is 16.7. The molecule has 3 rings (SSSR count). The number of methoxy groups -OCH3 is 1. The van der Waals surface area contributed by atoms with E-state index in [4.69, 9.17) is 33.2 Å². The number of ether oxygens (including phenoxy) is 7. The SMILES string of the molecule is CC[C@H]1OC(=O)[C@@H](C)[C@@H](O[C@H]2C[C@@](C)(OC)C(OC(C)=O)[C@H](C)O2)[C@@H](C)[C@@H](O[C@@H]2O[C@H](C)C[C@H](N(C)C)[C@H]2O)[C@](C)(O)C[C@@H](C)C(=O)[C@H](C)[C@H](O)[C@]1(C)O. The van der Waals surface area contributed by atoms with Crippen LogP contribution in [0.4, 0.5) is 0 Å². The second-order valence-corrected chi connectivity index (χ2v) is 17.1. The van der Waals surface area contributed by atoms with Gasteiger partial charge in [0.2, 0.25) is 0 Å². The van der Waals surface area contributed by atoms with Gasteiger partial charge in [-0.2, -0.15) is 0 Å². The Balaban J connectivity index is 2.19. The lowest BCUT2D eigenvalue weighted by molar-refractivity contribution is -0.318. The maximum Gasteiger partial charge on any atom is 0.311 e. The van der Waals surface area contributed by atoms with Gasteiger partial charge in [0.05, 0.1) is 42.0 Å². The average Bonchev–Trinajstić information content (AvgIpc) is 3.08. The van der Waals surface area contributed by atoms with Crippen LogP contribution in [0.2, 0.25) is 0 Å². The molecule has 3 saturated heterocycles. The number of nitrogens with zero attached hydrogens (tertiary/aromatic N) is 1. The molecule has 3 aliphatic heterocycles. The van der Waals surface area contributed by atoms with Crippen LogP contribution in [0.3, 0.4) is 0 Å². The van der Waals surface area contributed by atoms with Crippen molar-refractivity contribution in [2.45, 2.75) is 186 Å². The number of cyclic esters (lactones) is 1. The number of aliphatic hydroxyl groups excluding tert-OH is 2. The highest BCUT2D eigenvalue weighted by Gasteiger charge is 2.54. The monoisotopic (exact) mass is 775 g/mol. The Morgan fingerprint density at radius 3 is 2.07 bits per heavy atom. The Bertz CT molecular complexity index is 1280. The van der Waals surface area contributed by atoms with Gasteiger partial charge in [-0.3, -0.25) is 14.4 Å². The molecule has 4 N–H and O–H groups in total. The Hall–Kier alpha value is -1.79. The van der Waals surface area contributed by atoms with Crippen LogP contribution in [0.15, 0.2) is 0 Å². The molecule has 0 amide bonds. The van der Waals surface area contributed by atoms with Crippen LogP contribution in [0, 0.1) is 23.7 Å². The lowest BCUT2D eigenvalue weighted by Gasteiger charge is -2.49. The lowest BCUT2D eigenvalue weighted by atomic mass is 9.74. The summed E-state index contributed by atoms with van der Waals surface area (Å²) in [4.78, 5) is 41.9. The summed E-state index contributed by atoms with van der Waals surface area (Å²) in [5.41, 5.74) is -4.89. The molecule has 0 aromatic carbocycles. The molecule has 0 saturated carbocycles. The molecule has 3 fully saturated rings. The third kappa shape index (κ3) is 10.2. The summed E-state index contributed by atoms with van der Waals surface area (Å²) in [6, 6.07) is -0.339. The summed E-state index contributed by atoms with van der Waals surface area (Å²) >= 11 is 0. The molecule has 54 heavy (non-hydrogen) atoms. The summed E-state index contributed by atoms with van der Waals surface area (Å²) in [7, 11) is 5.17. The largest absolute Gasteiger partial charge is 0.459 e. The van der Waals surface area contributed by atoms with E-state index in [1.165, 1.54) is 34.8 Å². The van der Waals surface area contributed by atoms with Crippen LogP contribution in [-0.4, -0.2) is 149 Å². The van der Waals surface area contributed by atoms with Crippen molar-refractivity contribution in [2.24, 2.45) is 23.7 Å². The van der Waals surface area contributed by atoms with E-state index in [9.17, 15) is 34.8 Å². The molecule has 0 bridgehead atoms.